The van der Waals surface area contributed by atoms with E-state index in [-0.39, 0.29) is 30.4 Å². The molecule has 136 valence electrons. The van der Waals surface area contributed by atoms with Crippen molar-refractivity contribution in [3.8, 4) is 5.75 Å². The third-order valence-corrected chi connectivity index (χ3v) is 5.02. The molecule has 1 atom stereocenters. The number of carboxylic acid groups (broad SMARTS) is 1. The molecule has 0 aliphatic rings. The molecule has 0 aliphatic heterocycles. The van der Waals surface area contributed by atoms with Gasteiger partial charge in [-0.05, 0) is 30.2 Å². The summed E-state index contributed by atoms with van der Waals surface area (Å²) in [4.78, 5) is 10.6. The van der Waals surface area contributed by atoms with Crippen LogP contribution in [0, 0.1) is 5.92 Å². The van der Waals surface area contributed by atoms with Crippen LogP contribution < -0.4 is 10.1 Å². The number of hydrogen-bond donors (Lipinski definition) is 3. The Balaban J connectivity index is 2.97. The smallest absolute Gasteiger partial charge is 0.404 e. The van der Waals surface area contributed by atoms with Gasteiger partial charge in [-0.2, -0.15) is 4.31 Å². The second-order valence-corrected chi connectivity index (χ2v) is 7.67. The zero-order valence-corrected chi connectivity index (χ0v) is 14.8. The van der Waals surface area contributed by atoms with E-state index in [9.17, 15) is 18.3 Å². The van der Waals surface area contributed by atoms with Gasteiger partial charge >= 0.3 is 6.09 Å². The molecule has 0 bridgehead atoms. The van der Waals surface area contributed by atoms with Crippen molar-refractivity contribution < 1.29 is 28.2 Å². The van der Waals surface area contributed by atoms with Crippen LogP contribution in [0.2, 0.25) is 0 Å². The lowest BCUT2D eigenvalue weighted by Gasteiger charge is -2.26. The van der Waals surface area contributed by atoms with Gasteiger partial charge in [-0.3, -0.25) is 0 Å². The minimum atomic E-state index is -3.81. The van der Waals surface area contributed by atoms with E-state index in [1.807, 2.05) is 19.2 Å². The summed E-state index contributed by atoms with van der Waals surface area (Å²) in [5, 5.41) is 20.5. The fourth-order valence-corrected chi connectivity index (χ4v) is 3.72. The van der Waals surface area contributed by atoms with Crippen molar-refractivity contribution in [2.24, 2.45) is 5.92 Å². The molecule has 1 amide bonds. The maximum atomic E-state index is 12.8. The Labute approximate surface area is 142 Å². The quantitative estimate of drug-likeness (QED) is 0.604. The summed E-state index contributed by atoms with van der Waals surface area (Å²) in [6, 6.07) is 5.96. The molecule has 9 heteroatoms. The molecule has 8 nitrogen and oxygen atoms in total. The van der Waals surface area contributed by atoms with Crippen LogP contribution in [0.5, 0.6) is 5.75 Å². The van der Waals surface area contributed by atoms with Crippen molar-refractivity contribution in [1.29, 1.82) is 0 Å². The van der Waals surface area contributed by atoms with Crippen LogP contribution in [0.4, 0.5) is 4.79 Å². The SMILES string of the molecule is COc1ccc(S(=O)(=O)N(CC(C)C)C[C@@H](O)CNC(=O)O)cc1. The first-order chi connectivity index (χ1) is 11.2. The van der Waals surface area contributed by atoms with Gasteiger partial charge in [-0.15, -0.1) is 0 Å². The number of methoxy groups -OCH3 is 1. The van der Waals surface area contributed by atoms with Crippen LogP contribution in [0.25, 0.3) is 0 Å². The maximum absolute atomic E-state index is 12.8. The molecule has 0 heterocycles. The second-order valence-electron chi connectivity index (χ2n) is 5.73. The van der Waals surface area contributed by atoms with E-state index in [0.717, 1.165) is 4.31 Å². The average Bonchev–Trinajstić information content (AvgIpc) is 2.52. The van der Waals surface area contributed by atoms with Crippen LogP contribution >= 0.6 is 0 Å². The van der Waals surface area contributed by atoms with E-state index in [1.54, 1.807) is 12.1 Å². The summed E-state index contributed by atoms with van der Waals surface area (Å²) in [5.74, 6) is 0.577. The number of rotatable bonds is 9. The molecule has 1 rings (SSSR count). The van der Waals surface area contributed by atoms with E-state index in [4.69, 9.17) is 9.84 Å². The molecule has 1 aromatic carbocycles. The molecule has 1 aromatic rings. The number of ether oxygens (including phenoxy) is 1. The van der Waals surface area contributed by atoms with Crippen LogP contribution in [-0.2, 0) is 10.0 Å². The Hall–Kier alpha value is -1.84. The number of aliphatic hydroxyl groups excluding tert-OH is 1. The van der Waals surface area contributed by atoms with E-state index in [1.165, 1.54) is 19.2 Å². The number of amides is 1. The summed E-state index contributed by atoms with van der Waals surface area (Å²) in [5.41, 5.74) is 0. The van der Waals surface area contributed by atoms with Crippen molar-refractivity contribution >= 4 is 16.1 Å². The fraction of sp³-hybridized carbons (Fsp3) is 0.533. The van der Waals surface area contributed by atoms with Crippen molar-refractivity contribution in [2.75, 3.05) is 26.7 Å². The number of hydrogen-bond acceptors (Lipinski definition) is 5. The molecule has 0 fully saturated rings. The lowest BCUT2D eigenvalue weighted by molar-refractivity contribution is 0.134. The lowest BCUT2D eigenvalue weighted by atomic mass is 10.2. The molecule has 0 aliphatic carbocycles. The number of benzene rings is 1. The number of nitrogens with one attached hydrogen (secondary N) is 1. The van der Waals surface area contributed by atoms with Gasteiger partial charge in [0.15, 0.2) is 0 Å². The van der Waals surface area contributed by atoms with Crippen LogP contribution in [0.3, 0.4) is 0 Å². The predicted molar refractivity (Wildman–Crippen MR) is 88.6 cm³/mol. The molecule has 24 heavy (non-hydrogen) atoms. The topological polar surface area (TPSA) is 116 Å². The minimum Gasteiger partial charge on any atom is -0.497 e. The Morgan fingerprint density at radius 2 is 1.83 bits per heavy atom. The molecule has 0 spiro atoms. The van der Waals surface area contributed by atoms with Gasteiger partial charge < -0.3 is 20.3 Å². The summed E-state index contributed by atoms with van der Waals surface area (Å²) < 4.78 is 31.7. The molecule has 0 unspecified atom stereocenters. The first-order valence-electron chi connectivity index (χ1n) is 7.46. The van der Waals surface area contributed by atoms with E-state index >= 15 is 0 Å². The Morgan fingerprint density at radius 3 is 2.29 bits per heavy atom. The first-order valence-corrected chi connectivity index (χ1v) is 8.90. The zero-order valence-electron chi connectivity index (χ0n) is 14.0. The average molecular weight is 360 g/mol. The highest BCUT2D eigenvalue weighted by atomic mass is 32.2. The van der Waals surface area contributed by atoms with E-state index < -0.39 is 22.2 Å². The van der Waals surface area contributed by atoms with Gasteiger partial charge in [0.05, 0.1) is 18.1 Å². The number of carbonyl (C=O) groups is 1. The second kappa shape index (κ2) is 8.86. The molecular formula is C15H24N2O6S. The third kappa shape index (κ3) is 5.99. The summed E-state index contributed by atoms with van der Waals surface area (Å²) >= 11 is 0. The highest BCUT2D eigenvalue weighted by molar-refractivity contribution is 7.89. The van der Waals surface area contributed by atoms with Gasteiger partial charge in [0.2, 0.25) is 10.0 Å². The fourth-order valence-electron chi connectivity index (χ4n) is 2.08. The highest BCUT2D eigenvalue weighted by Crippen LogP contribution is 2.20. The monoisotopic (exact) mass is 360 g/mol. The van der Waals surface area contributed by atoms with Crippen molar-refractivity contribution in [3.63, 3.8) is 0 Å². The number of sulfonamides is 1. The van der Waals surface area contributed by atoms with Crippen molar-refractivity contribution in [1.82, 2.24) is 9.62 Å². The normalized spacial score (nSPS) is 13.1. The number of nitrogens with zero attached hydrogens (tertiary/aromatic N) is 1. The maximum Gasteiger partial charge on any atom is 0.404 e. The molecule has 0 aromatic heterocycles. The summed E-state index contributed by atoms with van der Waals surface area (Å²) in [7, 11) is -2.33. The Bertz CT molecular complexity index is 630. The van der Waals surface area contributed by atoms with Crippen LogP contribution in [-0.4, -0.2) is 61.9 Å². The molecule has 0 saturated carbocycles. The predicted octanol–water partition coefficient (Wildman–Crippen LogP) is 0.970. The molecule has 0 radical (unpaired) electrons. The minimum absolute atomic E-state index is 0.0395. The largest absolute Gasteiger partial charge is 0.497 e. The van der Waals surface area contributed by atoms with Crippen molar-refractivity contribution in [2.45, 2.75) is 24.8 Å². The van der Waals surface area contributed by atoms with Gasteiger partial charge in [0.1, 0.15) is 5.75 Å². The summed E-state index contributed by atoms with van der Waals surface area (Å²) in [6.07, 6.45) is -2.42. The third-order valence-electron chi connectivity index (χ3n) is 3.17. The van der Waals surface area contributed by atoms with Crippen LogP contribution in [0.1, 0.15) is 13.8 Å². The molecular weight excluding hydrogens is 336 g/mol. The van der Waals surface area contributed by atoms with Crippen LogP contribution in [0.15, 0.2) is 29.2 Å². The van der Waals surface area contributed by atoms with Gasteiger partial charge in [-0.25, -0.2) is 13.2 Å². The first kappa shape index (κ1) is 20.2. The standard InChI is InChI=1S/C15H24N2O6S/c1-11(2)9-17(10-12(18)8-16-15(19)20)24(21,22)14-6-4-13(23-3)5-7-14/h4-7,11-12,16,18H,8-10H2,1-3H3,(H,19,20)/t12-/m0/s1. The van der Waals surface area contributed by atoms with E-state index in [0.29, 0.717) is 5.75 Å². The van der Waals surface area contributed by atoms with Gasteiger partial charge in [-0.1, -0.05) is 13.8 Å². The zero-order chi connectivity index (χ0) is 18.3. The number of aliphatic hydroxyl groups is 1. The summed E-state index contributed by atoms with van der Waals surface area (Å²) in [6.45, 7) is 3.48. The van der Waals surface area contributed by atoms with Crippen molar-refractivity contribution in [3.05, 3.63) is 24.3 Å². The molecule has 3 N–H and O–H groups in total. The Kier molecular flexibility index (Phi) is 7.46. The van der Waals surface area contributed by atoms with E-state index in [2.05, 4.69) is 0 Å². The lowest BCUT2D eigenvalue weighted by Crippen LogP contribution is -2.43. The highest BCUT2D eigenvalue weighted by Gasteiger charge is 2.27. The Morgan fingerprint density at radius 1 is 1.25 bits per heavy atom. The van der Waals surface area contributed by atoms with Gasteiger partial charge in [0, 0.05) is 19.6 Å². The molecule has 0 saturated heterocycles. The van der Waals surface area contributed by atoms with Gasteiger partial charge in [0.25, 0.3) is 0 Å².